The van der Waals surface area contributed by atoms with Crippen LogP contribution in [0.2, 0.25) is 0 Å². The molecule has 1 aliphatic rings. The van der Waals surface area contributed by atoms with Gasteiger partial charge in [-0.15, -0.1) is 0 Å². The molecule has 0 N–H and O–H groups in total. The molecule has 5 heteroatoms. The third-order valence-corrected chi connectivity index (χ3v) is 8.54. The second-order valence-electron chi connectivity index (χ2n) is 11.3. The van der Waals surface area contributed by atoms with Crippen LogP contribution >= 0.6 is 0 Å². The van der Waals surface area contributed by atoms with E-state index in [1.807, 2.05) is 6.20 Å². The Hall–Kier alpha value is -4.38. The van der Waals surface area contributed by atoms with E-state index in [0.29, 0.717) is 0 Å². The largest absolute Gasteiger partial charge is 0.497 e. The highest BCUT2D eigenvalue weighted by Gasteiger charge is 2.50. The van der Waals surface area contributed by atoms with Crippen LogP contribution in [-0.2, 0) is 18.5 Å². The minimum atomic E-state index is -0.626. The Kier molecular flexibility index (Phi) is 7.84. The lowest BCUT2D eigenvalue weighted by atomic mass is 9.69. The van der Waals surface area contributed by atoms with E-state index >= 15 is 0 Å². The van der Waals surface area contributed by atoms with Crippen LogP contribution in [0.25, 0.3) is 22.5 Å². The second kappa shape index (κ2) is 11.8. The lowest BCUT2D eigenvalue weighted by Gasteiger charge is -2.32. The van der Waals surface area contributed by atoms with Gasteiger partial charge in [-0.25, -0.2) is 14.1 Å². The van der Waals surface area contributed by atoms with Crippen molar-refractivity contribution in [2.24, 2.45) is 0 Å². The number of aryl methyl sites for hydroxylation is 3. The molecule has 0 fully saturated rings. The summed E-state index contributed by atoms with van der Waals surface area (Å²) in [4.78, 5) is 10.6. The first-order valence-electron chi connectivity index (χ1n) is 15.2. The van der Waals surface area contributed by atoms with Crippen LogP contribution in [0.5, 0.6) is 5.75 Å². The van der Waals surface area contributed by atoms with Gasteiger partial charge < -0.3 is 4.74 Å². The fourth-order valence-corrected chi connectivity index (χ4v) is 6.15. The lowest BCUT2D eigenvalue weighted by molar-refractivity contribution is -0.697. The summed E-state index contributed by atoms with van der Waals surface area (Å²) in [7, 11) is 1.71. The van der Waals surface area contributed by atoms with Gasteiger partial charge in [0.15, 0.2) is 24.8 Å². The van der Waals surface area contributed by atoms with E-state index in [0.717, 1.165) is 65.5 Å². The molecule has 5 aromatic rings. The molecule has 3 heterocycles. The number of rotatable bonds is 10. The number of hydrogen-bond acceptors (Lipinski definition) is 3. The fraction of sp³-hybridized carbons (Fsp3) is 0.297. The molecule has 1 atom stereocenters. The Morgan fingerprint density at radius 1 is 0.762 bits per heavy atom. The standard InChI is InChI=1S/C37H40N4O/c1-5-7-20-40-22-17-28(18-23-40)34-25-38-35-32-19-24-41(21-8-6-2)26-33(32)37(36(35)39-34,29-11-9-27(3)10-12-29)30-13-15-31(42-4)16-14-30/h9-19,22-26H,5-8,20-21H2,1-4H3/q+2. The zero-order valence-electron chi connectivity index (χ0n) is 25.2. The zero-order valence-corrected chi connectivity index (χ0v) is 25.2. The predicted octanol–water partition coefficient (Wildman–Crippen LogP) is 7.00. The molecular formula is C37H40N4O+2. The molecule has 6 rings (SSSR count). The van der Waals surface area contributed by atoms with Crippen molar-refractivity contribution in [1.82, 2.24) is 9.97 Å². The van der Waals surface area contributed by atoms with Crippen molar-refractivity contribution in [3.05, 3.63) is 126 Å². The van der Waals surface area contributed by atoms with Gasteiger partial charge in [-0.05, 0) is 30.2 Å². The topological polar surface area (TPSA) is 42.8 Å². The normalized spacial score (nSPS) is 15.3. The molecule has 42 heavy (non-hydrogen) atoms. The van der Waals surface area contributed by atoms with E-state index in [9.17, 15) is 0 Å². The highest BCUT2D eigenvalue weighted by atomic mass is 16.5. The maximum Gasteiger partial charge on any atom is 0.174 e. The van der Waals surface area contributed by atoms with Gasteiger partial charge in [-0.1, -0.05) is 68.7 Å². The van der Waals surface area contributed by atoms with Crippen LogP contribution in [0.15, 0.2) is 97.7 Å². The molecule has 0 radical (unpaired) electrons. The minimum absolute atomic E-state index is 0.626. The molecule has 3 aromatic heterocycles. The molecular weight excluding hydrogens is 516 g/mol. The first-order chi connectivity index (χ1) is 20.6. The van der Waals surface area contributed by atoms with Gasteiger partial charge in [0.05, 0.1) is 35.8 Å². The number of pyridine rings is 2. The third kappa shape index (κ3) is 4.87. The molecule has 0 spiro atoms. The fourth-order valence-electron chi connectivity index (χ4n) is 6.15. The summed E-state index contributed by atoms with van der Waals surface area (Å²) in [6.07, 6.45) is 15.4. The Bertz CT molecular complexity index is 1680. The zero-order chi connectivity index (χ0) is 29.1. The molecule has 212 valence electrons. The number of aromatic nitrogens is 4. The van der Waals surface area contributed by atoms with Gasteiger partial charge >= 0.3 is 0 Å². The molecule has 0 aliphatic heterocycles. The van der Waals surface area contributed by atoms with Crippen molar-refractivity contribution < 1.29 is 13.9 Å². The van der Waals surface area contributed by atoms with Gasteiger partial charge in [0.2, 0.25) is 0 Å². The van der Waals surface area contributed by atoms with Crippen molar-refractivity contribution >= 4 is 0 Å². The van der Waals surface area contributed by atoms with Gasteiger partial charge in [0, 0.05) is 47.7 Å². The van der Waals surface area contributed by atoms with Crippen LogP contribution in [0.4, 0.5) is 0 Å². The van der Waals surface area contributed by atoms with Crippen molar-refractivity contribution in [1.29, 1.82) is 0 Å². The highest BCUT2D eigenvalue weighted by molar-refractivity contribution is 5.82. The van der Waals surface area contributed by atoms with Crippen LogP contribution < -0.4 is 13.9 Å². The summed E-state index contributed by atoms with van der Waals surface area (Å²) in [5.74, 6) is 0.836. The molecule has 1 aliphatic carbocycles. The first kappa shape index (κ1) is 27.8. The highest BCUT2D eigenvalue weighted by Crippen LogP contribution is 2.54. The molecule has 0 saturated carbocycles. The van der Waals surface area contributed by atoms with E-state index in [2.05, 4.69) is 121 Å². The third-order valence-electron chi connectivity index (χ3n) is 8.54. The predicted molar refractivity (Wildman–Crippen MR) is 166 cm³/mol. The Balaban J connectivity index is 1.61. The molecule has 0 bridgehead atoms. The summed E-state index contributed by atoms with van der Waals surface area (Å²) < 4.78 is 10.1. The van der Waals surface area contributed by atoms with Gasteiger partial charge in [0.1, 0.15) is 18.8 Å². The van der Waals surface area contributed by atoms with Crippen molar-refractivity contribution in [3.8, 4) is 28.3 Å². The maximum absolute atomic E-state index is 5.57. The Morgan fingerprint density at radius 2 is 1.38 bits per heavy atom. The van der Waals surface area contributed by atoms with E-state index in [-0.39, 0.29) is 0 Å². The Morgan fingerprint density at radius 3 is 2.02 bits per heavy atom. The van der Waals surface area contributed by atoms with E-state index in [1.54, 1.807) is 7.11 Å². The van der Waals surface area contributed by atoms with Gasteiger partial charge in [-0.3, -0.25) is 4.98 Å². The number of benzene rings is 2. The smallest absolute Gasteiger partial charge is 0.174 e. The van der Waals surface area contributed by atoms with Gasteiger partial charge in [0.25, 0.3) is 0 Å². The summed E-state index contributed by atoms with van der Waals surface area (Å²) in [5.41, 5.74) is 9.16. The maximum atomic E-state index is 5.57. The summed E-state index contributed by atoms with van der Waals surface area (Å²) in [5, 5.41) is 0. The Labute approximate surface area is 249 Å². The molecule has 5 nitrogen and oxygen atoms in total. The number of fused-ring (bicyclic) bond motifs is 3. The lowest BCUT2D eigenvalue weighted by Crippen LogP contribution is -2.37. The number of nitrogens with zero attached hydrogens (tertiary/aromatic N) is 4. The van der Waals surface area contributed by atoms with Crippen molar-refractivity contribution in [2.75, 3.05) is 7.11 Å². The first-order valence-corrected chi connectivity index (χ1v) is 15.2. The summed E-state index contributed by atoms with van der Waals surface area (Å²) >= 11 is 0. The SMILES string of the molecule is CCCC[n+]1ccc(-c2cnc3c(n2)C(c2ccc(C)cc2)(c2ccc(OC)cc2)c2c[n+](CCCC)ccc2-3)cc1. The monoisotopic (exact) mass is 556 g/mol. The van der Waals surface area contributed by atoms with Crippen LogP contribution in [0.1, 0.15) is 67.5 Å². The number of ether oxygens (including phenoxy) is 1. The van der Waals surface area contributed by atoms with Crippen molar-refractivity contribution in [3.63, 3.8) is 0 Å². The van der Waals surface area contributed by atoms with E-state index in [1.165, 1.54) is 29.5 Å². The quantitative estimate of drug-likeness (QED) is 0.171. The average Bonchev–Trinajstić information content (AvgIpc) is 3.33. The van der Waals surface area contributed by atoms with Crippen LogP contribution in [0.3, 0.4) is 0 Å². The molecule has 2 aromatic carbocycles. The van der Waals surface area contributed by atoms with Crippen LogP contribution in [-0.4, -0.2) is 17.1 Å². The van der Waals surface area contributed by atoms with E-state index < -0.39 is 5.41 Å². The molecule has 0 amide bonds. The van der Waals surface area contributed by atoms with E-state index in [4.69, 9.17) is 14.7 Å². The summed E-state index contributed by atoms with van der Waals surface area (Å²) in [6, 6.07) is 24.0. The van der Waals surface area contributed by atoms with Crippen LogP contribution in [0, 0.1) is 6.92 Å². The number of unbranched alkanes of at least 4 members (excludes halogenated alkanes) is 2. The average molecular weight is 557 g/mol. The minimum Gasteiger partial charge on any atom is -0.497 e. The van der Waals surface area contributed by atoms with Gasteiger partial charge in [-0.2, -0.15) is 0 Å². The molecule has 1 unspecified atom stereocenters. The molecule has 0 saturated heterocycles. The second-order valence-corrected chi connectivity index (χ2v) is 11.3. The summed E-state index contributed by atoms with van der Waals surface area (Å²) in [6.45, 7) is 8.59. The number of methoxy groups -OCH3 is 1. The number of hydrogen-bond donors (Lipinski definition) is 0. The van der Waals surface area contributed by atoms with Crippen molar-refractivity contribution in [2.45, 2.75) is 65.0 Å².